The molecule has 4 amide bonds. The van der Waals surface area contributed by atoms with Gasteiger partial charge in [0.2, 0.25) is 11.8 Å². The van der Waals surface area contributed by atoms with E-state index in [-0.39, 0.29) is 41.8 Å². The van der Waals surface area contributed by atoms with E-state index < -0.39 is 58.9 Å². The van der Waals surface area contributed by atoms with Gasteiger partial charge in [-0.25, -0.2) is 6.57 Å². The second-order valence-corrected chi connectivity index (χ2v) is 13.4. The molecule has 4 atom stereocenters. The van der Waals surface area contributed by atoms with Crippen molar-refractivity contribution in [2.75, 3.05) is 18.9 Å². The van der Waals surface area contributed by atoms with E-state index >= 15 is 0 Å². The van der Waals surface area contributed by atoms with Gasteiger partial charge in [0.25, 0.3) is 11.8 Å². The van der Waals surface area contributed by atoms with Crippen LogP contribution in [-0.2, 0) is 19.8 Å². The second-order valence-electron chi connectivity index (χ2n) is 13.4. The molecule has 3 heterocycles. The zero-order chi connectivity index (χ0) is 35.2. The Hall–Kier alpha value is -5.19. The number of para-hydroxylation sites is 1. The Labute approximate surface area is 275 Å². The van der Waals surface area contributed by atoms with Gasteiger partial charge in [-0.1, -0.05) is 45.0 Å². The maximum Gasteiger partial charge on any atom is 0.573 e. The van der Waals surface area contributed by atoms with E-state index in [9.17, 15) is 32.3 Å². The number of aromatic nitrogens is 1. The van der Waals surface area contributed by atoms with Crippen molar-refractivity contribution in [3.05, 3.63) is 77.3 Å². The SMILES string of the molecule is [C-]#[N+][C@@H]1C[C@@]2(CN1C(=O)[C@H](CC(C)(C)C)N(C)C(=O)[C@H](C)NC(=O)c1cc(OC(F)(F)F)c3ncccc3c1)C(=O)Nc1ccccc12. The molecule has 11 nitrogen and oxygen atoms in total. The number of nitrogens with one attached hydrogen (secondary N) is 2. The first-order chi connectivity index (χ1) is 22.4. The van der Waals surface area contributed by atoms with Crippen molar-refractivity contribution >= 4 is 40.2 Å². The van der Waals surface area contributed by atoms with Crippen LogP contribution < -0.4 is 15.4 Å². The minimum atomic E-state index is -5.04. The highest BCUT2D eigenvalue weighted by Gasteiger charge is 2.59. The summed E-state index contributed by atoms with van der Waals surface area (Å²) in [7, 11) is 1.42. The van der Waals surface area contributed by atoms with Crippen LogP contribution in [0.25, 0.3) is 15.7 Å². The minimum absolute atomic E-state index is 0.0458. The number of pyridine rings is 1. The van der Waals surface area contributed by atoms with Crippen molar-refractivity contribution in [2.45, 2.75) is 70.6 Å². The van der Waals surface area contributed by atoms with Crippen LogP contribution in [0.3, 0.4) is 0 Å². The molecule has 2 N–H and O–H groups in total. The highest BCUT2D eigenvalue weighted by molar-refractivity contribution is 6.07. The fourth-order valence-corrected chi connectivity index (χ4v) is 6.41. The Morgan fingerprint density at radius 1 is 1.19 bits per heavy atom. The predicted molar refractivity (Wildman–Crippen MR) is 169 cm³/mol. The van der Waals surface area contributed by atoms with E-state index in [1.165, 1.54) is 48.2 Å². The molecule has 0 bridgehead atoms. The van der Waals surface area contributed by atoms with E-state index in [4.69, 9.17) is 6.57 Å². The van der Waals surface area contributed by atoms with Crippen LogP contribution in [0, 0.1) is 12.0 Å². The lowest BCUT2D eigenvalue weighted by Crippen LogP contribution is -2.56. The van der Waals surface area contributed by atoms with Gasteiger partial charge in [-0.05, 0) is 48.6 Å². The molecule has 0 unspecified atom stereocenters. The van der Waals surface area contributed by atoms with E-state index in [1.807, 2.05) is 20.8 Å². The van der Waals surface area contributed by atoms with Crippen molar-refractivity contribution < 1.29 is 37.1 Å². The molecule has 3 aromatic rings. The molecular formula is C34H35F3N6O5. The number of hydrogen-bond donors (Lipinski definition) is 2. The lowest BCUT2D eigenvalue weighted by Gasteiger charge is -2.36. The van der Waals surface area contributed by atoms with E-state index in [0.717, 1.165) is 6.07 Å². The second kappa shape index (κ2) is 12.4. The number of anilines is 1. The topological polar surface area (TPSA) is 125 Å². The number of rotatable bonds is 7. The number of nitrogens with zero attached hydrogens (tertiary/aromatic N) is 4. The van der Waals surface area contributed by atoms with E-state index in [1.54, 1.807) is 24.3 Å². The predicted octanol–water partition coefficient (Wildman–Crippen LogP) is 4.88. The first-order valence-electron chi connectivity index (χ1n) is 15.2. The summed E-state index contributed by atoms with van der Waals surface area (Å²) in [5, 5.41) is 5.60. The number of alkyl halides is 3. The monoisotopic (exact) mass is 664 g/mol. The quantitative estimate of drug-likeness (QED) is 0.347. The molecule has 2 aromatic carbocycles. The van der Waals surface area contributed by atoms with Gasteiger partial charge in [-0.2, -0.15) is 0 Å². The number of carbonyl (C=O) groups excluding carboxylic acids is 4. The van der Waals surface area contributed by atoms with E-state index in [2.05, 4.69) is 25.2 Å². The fourth-order valence-electron chi connectivity index (χ4n) is 6.41. The first kappa shape index (κ1) is 34.2. The standard InChI is InChI=1S/C34H35F3N6O5/c1-19(40-28(44)21-14-20-10-9-13-39-27(20)25(15-21)48-34(35,36)37)29(45)42(6)24(16-32(2,3)4)30(46)43-18-33(17-26(43)38-5)22-11-7-8-12-23(22)41-31(33)47/h7-15,19,24,26H,16-18H2,1-4,6H3,(H,40,44)(H,41,47)/t19-,24-,26-,33-/m0/s1. The Bertz CT molecular complexity index is 1830. The van der Waals surface area contributed by atoms with Gasteiger partial charge in [-0.3, -0.25) is 33.9 Å². The number of hydrogen-bond acceptors (Lipinski definition) is 6. The summed E-state index contributed by atoms with van der Waals surface area (Å²) in [5.41, 5.74) is -0.529. The number of carbonyl (C=O) groups is 4. The van der Waals surface area contributed by atoms with Crippen LogP contribution in [0.1, 0.15) is 56.5 Å². The number of likely N-dealkylation sites (N-methyl/N-ethyl adjacent to an activating group) is 1. The molecule has 5 rings (SSSR count). The number of halogens is 3. The fraction of sp³-hybridized carbons (Fsp3) is 0.412. The third-order valence-electron chi connectivity index (χ3n) is 8.67. The summed E-state index contributed by atoms with van der Waals surface area (Å²) >= 11 is 0. The third kappa shape index (κ3) is 6.62. The molecule has 1 spiro atoms. The lowest BCUT2D eigenvalue weighted by atomic mass is 9.80. The smallest absolute Gasteiger partial charge is 0.403 e. The number of ether oxygens (including phenoxy) is 1. The van der Waals surface area contributed by atoms with Crippen molar-refractivity contribution in [2.24, 2.45) is 5.41 Å². The summed E-state index contributed by atoms with van der Waals surface area (Å²) < 4.78 is 43.5. The Balaban J connectivity index is 1.38. The number of benzene rings is 2. The number of likely N-dealkylation sites (tertiary alicyclic amines) is 1. The van der Waals surface area contributed by atoms with Gasteiger partial charge in [0.05, 0.1) is 6.42 Å². The van der Waals surface area contributed by atoms with Gasteiger partial charge in [-0.15, -0.1) is 13.2 Å². The summed E-state index contributed by atoms with van der Waals surface area (Å²) in [4.78, 5) is 64.8. The zero-order valence-electron chi connectivity index (χ0n) is 27.0. The van der Waals surface area contributed by atoms with Crippen molar-refractivity contribution in [3.8, 4) is 5.75 Å². The molecule has 1 aromatic heterocycles. The summed E-state index contributed by atoms with van der Waals surface area (Å²) in [6, 6.07) is 10.1. The molecular weight excluding hydrogens is 629 g/mol. The highest BCUT2D eigenvalue weighted by Crippen LogP contribution is 2.47. The van der Waals surface area contributed by atoms with Gasteiger partial charge in [0, 0.05) is 36.4 Å². The molecule has 1 fully saturated rings. The lowest BCUT2D eigenvalue weighted by molar-refractivity contribution is -0.274. The largest absolute Gasteiger partial charge is 0.573 e. The maximum atomic E-state index is 14.3. The van der Waals surface area contributed by atoms with Crippen LogP contribution in [0.4, 0.5) is 18.9 Å². The summed E-state index contributed by atoms with van der Waals surface area (Å²) in [5.74, 6) is -2.97. The van der Waals surface area contributed by atoms with Crippen LogP contribution >= 0.6 is 0 Å². The average molecular weight is 665 g/mol. The number of fused-ring (bicyclic) bond motifs is 3. The van der Waals surface area contributed by atoms with Crippen molar-refractivity contribution in [1.29, 1.82) is 0 Å². The third-order valence-corrected chi connectivity index (χ3v) is 8.67. The Kier molecular flexibility index (Phi) is 8.85. The Morgan fingerprint density at radius 2 is 1.90 bits per heavy atom. The Morgan fingerprint density at radius 3 is 2.56 bits per heavy atom. The van der Waals surface area contributed by atoms with Crippen LogP contribution in [0.15, 0.2) is 54.7 Å². The van der Waals surface area contributed by atoms with Crippen molar-refractivity contribution in [3.63, 3.8) is 0 Å². The zero-order valence-corrected chi connectivity index (χ0v) is 27.0. The van der Waals surface area contributed by atoms with E-state index in [0.29, 0.717) is 11.3 Å². The normalized spacial score (nSPS) is 20.1. The minimum Gasteiger partial charge on any atom is -0.403 e. The van der Waals surface area contributed by atoms with Crippen LogP contribution in [0.5, 0.6) is 5.75 Å². The molecule has 0 radical (unpaired) electrons. The molecule has 252 valence electrons. The molecule has 48 heavy (non-hydrogen) atoms. The van der Waals surface area contributed by atoms with Gasteiger partial charge in [0.1, 0.15) is 23.0 Å². The van der Waals surface area contributed by atoms with Gasteiger partial charge >= 0.3 is 12.5 Å². The maximum absolute atomic E-state index is 14.3. The molecule has 0 aliphatic carbocycles. The molecule has 0 saturated carbocycles. The highest BCUT2D eigenvalue weighted by atomic mass is 19.4. The van der Waals surface area contributed by atoms with Gasteiger partial charge in [0.15, 0.2) is 5.75 Å². The van der Waals surface area contributed by atoms with Crippen LogP contribution in [0.2, 0.25) is 0 Å². The molecule has 1 saturated heterocycles. The molecule has 2 aliphatic rings. The number of amides is 4. The van der Waals surface area contributed by atoms with Crippen molar-refractivity contribution in [1.82, 2.24) is 20.1 Å². The summed E-state index contributed by atoms with van der Waals surface area (Å²) in [6.45, 7) is 14.9. The molecule has 14 heteroatoms. The first-order valence-corrected chi connectivity index (χ1v) is 15.2. The molecule has 2 aliphatic heterocycles. The summed E-state index contributed by atoms with van der Waals surface area (Å²) in [6.07, 6.45) is -4.40. The average Bonchev–Trinajstić information content (AvgIpc) is 3.55. The van der Waals surface area contributed by atoms with Gasteiger partial charge < -0.3 is 20.3 Å². The van der Waals surface area contributed by atoms with Crippen LogP contribution in [-0.4, -0.2) is 76.6 Å².